The summed E-state index contributed by atoms with van der Waals surface area (Å²) < 4.78 is 6.23. The Morgan fingerprint density at radius 1 is 1.26 bits per heavy atom. The Hall–Kier alpha value is -1.52. The molecular weight excluding hydrogens is 348 g/mol. The predicted octanol–water partition coefficient (Wildman–Crippen LogP) is 5.38. The maximum Gasteiger partial charge on any atom is 0.192 e. The van der Waals surface area contributed by atoms with Crippen LogP contribution < -0.4 is 0 Å². The largest absolute Gasteiger partial charge is 0.414 e. The minimum Gasteiger partial charge on any atom is -0.414 e. The predicted molar refractivity (Wildman–Crippen MR) is 117 cm³/mol. The maximum atomic E-state index is 10.9. The van der Waals surface area contributed by atoms with Gasteiger partial charge in [0.05, 0.1) is 6.61 Å². The lowest BCUT2D eigenvalue weighted by Gasteiger charge is -2.36. The zero-order valence-electron chi connectivity index (χ0n) is 18.0. The van der Waals surface area contributed by atoms with Crippen LogP contribution in [0.5, 0.6) is 0 Å². The molecule has 0 aromatic carbocycles. The third-order valence-corrected chi connectivity index (χ3v) is 10.1. The molecule has 27 heavy (non-hydrogen) atoms. The van der Waals surface area contributed by atoms with Crippen molar-refractivity contribution < 1.29 is 9.53 Å². The molecule has 0 fully saturated rings. The molecule has 1 N–H and O–H groups in total. The Morgan fingerprint density at radius 3 is 2.63 bits per heavy atom. The van der Waals surface area contributed by atoms with E-state index in [0.29, 0.717) is 5.57 Å². The molecule has 0 saturated heterocycles. The number of fused-ring (bicyclic) bond motifs is 1. The highest BCUT2D eigenvalue weighted by atomic mass is 28.4. The fourth-order valence-electron chi connectivity index (χ4n) is 2.77. The Labute approximate surface area is 166 Å². The quantitative estimate of drug-likeness (QED) is 0.522. The molecule has 0 aliphatic heterocycles. The normalized spacial score (nSPS) is 24.4. The smallest absolute Gasteiger partial charge is 0.192 e. The first-order chi connectivity index (χ1) is 12.4. The van der Waals surface area contributed by atoms with E-state index in [1.807, 2.05) is 12.2 Å². The molecule has 1 atom stereocenters. The van der Waals surface area contributed by atoms with Gasteiger partial charge < -0.3 is 9.53 Å². The Morgan fingerprint density at radius 2 is 1.96 bits per heavy atom. The molecule has 0 spiro atoms. The van der Waals surface area contributed by atoms with Gasteiger partial charge >= 0.3 is 0 Å². The van der Waals surface area contributed by atoms with Gasteiger partial charge in [-0.15, -0.1) is 0 Å². The molecule has 0 bridgehead atoms. The molecule has 3 heteroatoms. The van der Waals surface area contributed by atoms with Crippen LogP contribution in [0, 0.1) is 29.1 Å². The summed E-state index contributed by atoms with van der Waals surface area (Å²) in [7, 11) is -1.92. The standard InChI is InChI=1S/C24H34O2Si/c1-23(2,3)27(6,7)26-18-22(25)21-15-14-20-12-9-8-11-19(20)13-10-16-24(4,5)17-21/h12-13,17,22,25H,8-9,11,18H2,1-7H3/b19-13-,21-17+/t22-/m1/s1. The highest BCUT2D eigenvalue weighted by Gasteiger charge is 2.37. The van der Waals surface area contributed by atoms with Crippen LogP contribution in [0.15, 0.2) is 34.9 Å². The Bertz CT molecular complexity index is 780. The van der Waals surface area contributed by atoms with Crippen molar-refractivity contribution in [2.45, 2.75) is 78.1 Å². The fourth-order valence-corrected chi connectivity index (χ4v) is 3.78. The van der Waals surface area contributed by atoms with Gasteiger partial charge in [-0.3, -0.25) is 0 Å². The van der Waals surface area contributed by atoms with Crippen molar-refractivity contribution in [2.24, 2.45) is 5.41 Å². The lowest BCUT2D eigenvalue weighted by Crippen LogP contribution is -2.42. The maximum absolute atomic E-state index is 10.9. The van der Waals surface area contributed by atoms with Gasteiger partial charge in [0.2, 0.25) is 0 Å². The molecule has 0 unspecified atom stereocenters. The number of hydrogen-bond donors (Lipinski definition) is 1. The fraction of sp³-hybridized carbons (Fsp3) is 0.583. The zero-order chi connectivity index (χ0) is 20.3. The molecule has 0 radical (unpaired) electrons. The van der Waals surface area contributed by atoms with E-state index in [4.69, 9.17) is 4.43 Å². The van der Waals surface area contributed by atoms with Crippen molar-refractivity contribution in [1.29, 1.82) is 0 Å². The highest BCUT2D eigenvalue weighted by molar-refractivity contribution is 6.74. The van der Waals surface area contributed by atoms with Crippen LogP contribution >= 0.6 is 0 Å². The van der Waals surface area contributed by atoms with Gasteiger partial charge in [0, 0.05) is 16.6 Å². The van der Waals surface area contributed by atoms with Crippen molar-refractivity contribution in [3.8, 4) is 23.7 Å². The summed E-state index contributed by atoms with van der Waals surface area (Å²) in [6, 6.07) is 0. The van der Waals surface area contributed by atoms with Crippen LogP contribution in [-0.2, 0) is 4.43 Å². The van der Waals surface area contributed by atoms with Gasteiger partial charge in [-0.1, -0.05) is 56.6 Å². The molecule has 0 saturated carbocycles. The minimum absolute atomic E-state index is 0.112. The molecular formula is C24H34O2Si. The Kier molecular flexibility index (Phi) is 6.64. The number of aliphatic hydroxyl groups excluding tert-OH is 1. The van der Waals surface area contributed by atoms with E-state index in [-0.39, 0.29) is 17.1 Å². The third-order valence-electron chi connectivity index (χ3n) is 5.61. The number of hydrogen-bond acceptors (Lipinski definition) is 2. The van der Waals surface area contributed by atoms with E-state index in [2.05, 4.69) is 77.5 Å². The van der Waals surface area contributed by atoms with Crippen LogP contribution in [-0.4, -0.2) is 26.1 Å². The average Bonchev–Trinajstić information content (AvgIpc) is 2.56. The monoisotopic (exact) mass is 382 g/mol. The molecule has 0 aromatic heterocycles. The summed E-state index contributed by atoms with van der Waals surface area (Å²) in [5.74, 6) is 13.0. The lowest BCUT2D eigenvalue weighted by molar-refractivity contribution is 0.129. The number of allylic oxidation sites excluding steroid dienone is 5. The van der Waals surface area contributed by atoms with E-state index < -0.39 is 14.4 Å². The van der Waals surface area contributed by atoms with Crippen LogP contribution in [0.25, 0.3) is 0 Å². The van der Waals surface area contributed by atoms with Crippen molar-refractivity contribution in [2.75, 3.05) is 6.61 Å². The van der Waals surface area contributed by atoms with Crippen molar-refractivity contribution in [3.63, 3.8) is 0 Å². The second-order valence-corrected chi connectivity index (χ2v) is 14.4. The summed E-state index contributed by atoms with van der Waals surface area (Å²) in [5, 5.41) is 11.0. The van der Waals surface area contributed by atoms with Crippen LogP contribution in [0.3, 0.4) is 0 Å². The van der Waals surface area contributed by atoms with Crippen molar-refractivity contribution in [1.82, 2.24) is 0 Å². The molecule has 146 valence electrons. The second kappa shape index (κ2) is 8.23. The van der Waals surface area contributed by atoms with Crippen LogP contribution in [0.1, 0.15) is 53.9 Å². The highest BCUT2D eigenvalue weighted by Crippen LogP contribution is 2.36. The van der Waals surface area contributed by atoms with Crippen LogP contribution in [0.2, 0.25) is 18.1 Å². The van der Waals surface area contributed by atoms with E-state index in [1.54, 1.807) is 0 Å². The minimum atomic E-state index is -1.92. The van der Waals surface area contributed by atoms with Gasteiger partial charge in [-0.25, -0.2) is 0 Å². The zero-order valence-corrected chi connectivity index (χ0v) is 19.0. The van der Waals surface area contributed by atoms with Crippen molar-refractivity contribution in [3.05, 3.63) is 34.9 Å². The second-order valence-electron chi connectivity index (χ2n) is 9.61. The summed E-state index contributed by atoms with van der Waals surface area (Å²) in [6.07, 6.45) is 8.68. The SMILES string of the molecule is CC1(C)C#C/C=C2/CCCC=C2C#C/C([C@H](O)CO[Si](C)(C)C(C)(C)C)=C\1. The summed E-state index contributed by atoms with van der Waals surface area (Å²) in [6.45, 7) is 15.4. The molecule has 2 nitrogen and oxygen atoms in total. The lowest BCUT2D eigenvalue weighted by atomic mass is 9.88. The first-order valence-electron chi connectivity index (χ1n) is 9.90. The van der Waals surface area contributed by atoms with Gasteiger partial charge in [0.1, 0.15) is 6.10 Å². The number of rotatable bonds is 4. The first kappa shape index (κ1) is 21.8. The molecule has 0 amide bonds. The van der Waals surface area contributed by atoms with Gasteiger partial charge in [0.25, 0.3) is 0 Å². The van der Waals surface area contributed by atoms with Gasteiger partial charge in [0.15, 0.2) is 8.32 Å². The van der Waals surface area contributed by atoms with Gasteiger partial charge in [-0.05, 0) is 62.9 Å². The summed E-state index contributed by atoms with van der Waals surface area (Å²) >= 11 is 0. The number of aliphatic hydroxyl groups is 1. The summed E-state index contributed by atoms with van der Waals surface area (Å²) in [5.41, 5.74) is 2.62. The molecule has 0 aromatic rings. The molecule has 2 aliphatic carbocycles. The topological polar surface area (TPSA) is 29.5 Å². The van der Waals surface area contributed by atoms with Crippen LogP contribution in [0.4, 0.5) is 0 Å². The van der Waals surface area contributed by atoms with E-state index in [0.717, 1.165) is 24.8 Å². The van der Waals surface area contributed by atoms with E-state index in [9.17, 15) is 5.11 Å². The molecule has 0 heterocycles. The Balaban J connectivity index is 2.30. The molecule has 2 rings (SSSR count). The van der Waals surface area contributed by atoms with Crippen molar-refractivity contribution >= 4 is 8.32 Å². The van der Waals surface area contributed by atoms with Gasteiger partial charge in [-0.2, -0.15) is 0 Å². The summed E-state index contributed by atoms with van der Waals surface area (Å²) in [4.78, 5) is 0. The first-order valence-corrected chi connectivity index (χ1v) is 12.8. The van der Waals surface area contributed by atoms with E-state index >= 15 is 0 Å². The average molecular weight is 383 g/mol. The molecule has 2 aliphatic rings. The third kappa shape index (κ3) is 5.98. The van der Waals surface area contributed by atoms with E-state index in [1.165, 1.54) is 5.57 Å².